The molecule has 1 aromatic carbocycles. The molecule has 0 aromatic heterocycles. The zero-order chi connectivity index (χ0) is 19.3. The third-order valence-electron chi connectivity index (χ3n) is 4.21. The summed E-state index contributed by atoms with van der Waals surface area (Å²) in [5.74, 6) is 0. The van der Waals surface area contributed by atoms with Crippen molar-refractivity contribution in [1.82, 2.24) is 10.2 Å². The van der Waals surface area contributed by atoms with Gasteiger partial charge < -0.3 is 24.8 Å². The predicted molar refractivity (Wildman–Crippen MR) is 96.6 cm³/mol. The van der Waals surface area contributed by atoms with E-state index in [1.807, 2.05) is 30.3 Å². The van der Waals surface area contributed by atoms with Gasteiger partial charge in [-0.05, 0) is 39.2 Å². The molecule has 1 aromatic rings. The van der Waals surface area contributed by atoms with Crippen molar-refractivity contribution < 1.29 is 24.2 Å². The van der Waals surface area contributed by atoms with Crippen molar-refractivity contribution in [3.8, 4) is 0 Å². The summed E-state index contributed by atoms with van der Waals surface area (Å²) in [5, 5.41) is 13.0. The highest BCUT2D eigenvalue weighted by atomic mass is 16.6. The van der Waals surface area contributed by atoms with Gasteiger partial charge in [-0.3, -0.25) is 0 Å². The number of alkyl carbamates (subject to hydrolysis) is 1. The lowest BCUT2D eigenvalue weighted by Crippen LogP contribution is -2.44. The minimum atomic E-state index is -0.730. The Morgan fingerprint density at radius 2 is 1.88 bits per heavy atom. The minimum Gasteiger partial charge on any atom is -0.445 e. The molecule has 7 heteroatoms. The smallest absolute Gasteiger partial charge is 0.410 e. The first-order chi connectivity index (χ1) is 12.2. The standard InChI is InChI=1S/C19H28N2O5/c1-19(2,3)26-18(24)21(4)15-10-14(11-16(15)22)20-17(23)25-12-13-8-6-5-7-9-13/h5-9,14-16,22H,10-12H2,1-4H3,(H,20,23)/t14-,15+,16+/m1/s1. The molecule has 26 heavy (non-hydrogen) atoms. The van der Waals surface area contributed by atoms with E-state index in [0.717, 1.165) is 5.56 Å². The number of hydrogen-bond donors (Lipinski definition) is 2. The third-order valence-corrected chi connectivity index (χ3v) is 4.21. The fourth-order valence-electron chi connectivity index (χ4n) is 2.93. The summed E-state index contributed by atoms with van der Waals surface area (Å²) in [6.07, 6.45) is -0.956. The van der Waals surface area contributed by atoms with Crippen LogP contribution in [0.4, 0.5) is 9.59 Å². The zero-order valence-corrected chi connectivity index (χ0v) is 15.8. The first kappa shape index (κ1) is 20.0. The van der Waals surface area contributed by atoms with Gasteiger partial charge in [-0.1, -0.05) is 30.3 Å². The molecule has 2 rings (SSSR count). The van der Waals surface area contributed by atoms with Gasteiger partial charge in [-0.15, -0.1) is 0 Å². The molecule has 0 radical (unpaired) electrons. The lowest BCUT2D eigenvalue weighted by molar-refractivity contribution is 0.00833. The number of amides is 2. The van der Waals surface area contributed by atoms with Crippen molar-refractivity contribution in [3.63, 3.8) is 0 Å². The normalized spacial score (nSPS) is 22.6. The SMILES string of the molecule is CN(C(=O)OC(C)(C)C)[C@H]1C[C@@H](NC(=O)OCc2ccccc2)C[C@@H]1O. The number of aliphatic hydroxyl groups excluding tert-OH is 1. The topological polar surface area (TPSA) is 88.1 Å². The van der Waals surface area contributed by atoms with Gasteiger partial charge in [0, 0.05) is 13.1 Å². The Kier molecular flexibility index (Phi) is 6.47. The number of aliphatic hydroxyl groups is 1. The van der Waals surface area contributed by atoms with Gasteiger partial charge in [0.15, 0.2) is 0 Å². The molecular formula is C19H28N2O5. The van der Waals surface area contributed by atoms with Gasteiger partial charge in [0.25, 0.3) is 0 Å². The molecule has 1 saturated carbocycles. The molecule has 0 heterocycles. The van der Waals surface area contributed by atoms with Crippen LogP contribution in [-0.4, -0.2) is 53.0 Å². The van der Waals surface area contributed by atoms with Crippen LogP contribution in [-0.2, 0) is 16.1 Å². The fraction of sp³-hybridized carbons (Fsp3) is 0.579. The van der Waals surface area contributed by atoms with E-state index in [9.17, 15) is 14.7 Å². The fourth-order valence-corrected chi connectivity index (χ4v) is 2.93. The molecule has 1 fully saturated rings. The zero-order valence-electron chi connectivity index (χ0n) is 15.8. The number of likely N-dealkylation sites (N-methyl/N-ethyl adjacent to an activating group) is 1. The van der Waals surface area contributed by atoms with Gasteiger partial charge in [-0.25, -0.2) is 9.59 Å². The Hall–Kier alpha value is -2.28. The molecule has 0 bridgehead atoms. The quantitative estimate of drug-likeness (QED) is 0.858. The Morgan fingerprint density at radius 3 is 2.50 bits per heavy atom. The summed E-state index contributed by atoms with van der Waals surface area (Å²) in [6, 6.07) is 8.72. The Morgan fingerprint density at radius 1 is 1.23 bits per heavy atom. The van der Waals surface area contributed by atoms with Gasteiger partial charge >= 0.3 is 12.2 Å². The molecule has 2 N–H and O–H groups in total. The summed E-state index contributed by atoms with van der Waals surface area (Å²) >= 11 is 0. The maximum Gasteiger partial charge on any atom is 0.410 e. The van der Waals surface area contributed by atoms with Crippen LogP contribution in [0.15, 0.2) is 30.3 Å². The van der Waals surface area contributed by atoms with Crippen LogP contribution in [0.5, 0.6) is 0 Å². The van der Waals surface area contributed by atoms with Gasteiger partial charge in [-0.2, -0.15) is 0 Å². The van der Waals surface area contributed by atoms with Crippen LogP contribution >= 0.6 is 0 Å². The van der Waals surface area contributed by atoms with Crippen molar-refractivity contribution in [3.05, 3.63) is 35.9 Å². The largest absolute Gasteiger partial charge is 0.445 e. The van der Waals surface area contributed by atoms with E-state index in [4.69, 9.17) is 9.47 Å². The molecule has 7 nitrogen and oxygen atoms in total. The van der Waals surface area contributed by atoms with Crippen LogP contribution in [0.2, 0.25) is 0 Å². The van der Waals surface area contributed by atoms with Gasteiger partial charge in [0.05, 0.1) is 12.1 Å². The molecule has 0 spiro atoms. The van der Waals surface area contributed by atoms with Crippen LogP contribution < -0.4 is 5.32 Å². The van der Waals surface area contributed by atoms with Crippen molar-refractivity contribution in [2.45, 2.75) is 64.0 Å². The number of carbonyl (C=O) groups is 2. The van der Waals surface area contributed by atoms with E-state index in [1.165, 1.54) is 4.90 Å². The predicted octanol–water partition coefficient (Wildman–Crippen LogP) is 2.67. The Bertz CT molecular complexity index is 614. The summed E-state index contributed by atoms with van der Waals surface area (Å²) < 4.78 is 10.5. The summed E-state index contributed by atoms with van der Waals surface area (Å²) in [7, 11) is 1.60. The highest BCUT2D eigenvalue weighted by Gasteiger charge is 2.39. The minimum absolute atomic E-state index is 0.184. The highest BCUT2D eigenvalue weighted by molar-refractivity contribution is 5.69. The number of nitrogens with one attached hydrogen (secondary N) is 1. The Labute approximate surface area is 154 Å². The van der Waals surface area contributed by atoms with Gasteiger partial charge in [0.2, 0.25) is 0 Å². The van der Waals surface area contributed by atoms with Crippen LogP contribution in [0.3, 0.4) is 0 Å². The number of ether oxygens (including phenoxy) is 2. The van der Waals surface area contributed by atoms with Crippen LogP contribution in [0, 0.1) is 0 Å². The summed E-state index contributed by atoms with van der Waals surface area (Å²) in [6.45, 7) is 5.55. The van der Waals surface area contributed by atoms with Crippen molar-refractivity contribution in [1.29, 1.82) is 0 Å². The molecule has 0 unspecified atom stereocenters. The molecule has 3 atom stereocenters. The number of rotatable bonds is 4. The first-order valence-electron chi connectivity index (χ1n) is 8.77. The first-order valence-corrected chi connectivity index (χ1v) is 8.77. The van der Waals surface area contributed by atoms with Crippen molar-refractivity contribution in [2.75, 3.05) is 7.05 Å². The lowest BCUT2D eigenvalue weighted by atomic mass is 10.2. The molecule has 0 saturated heterocycles. The number of benzene rings is 1. The lowest BCUT2D eigenvalue weighted by Gasteiger charge is -2.30. The van der Waals surface area contributed by atoms with E-state index in [2.05, 4.69) is 5.32 Å². The molecule has 1 aliphatic rings. The van der Waals surface area contributed by atoms with Crippen LogP contribution in [0.25, 0.3) is 0 Å². The molecule has 1 aliphatic carbocycles. The van der Waals surface area contributed by atoms with Crippen molar-refractivity contribution >= 4 is 12.2 Å². The van der Waals surface area contributed by atoms with Crippen molar-refractivity contribution in [2.24, 2.45) is 0 Å². The second-order valence-corrected chi connectivity index (χ2v) is 7.60. The second kappa shape index (κ2) is 8.40. The number of hydrogen-bond acceptors (Lipinski definition) is 5. The number of carbonyl (C=O) groups excluding carboxylic acids is 2. The molecule has 0 aliphatic heterocycles. The second-order valence-electron chi connectivity index (χ2n) is 7.60. The van der Waals surface area contributed by atoms with E-state index in [0.29, 0.717) is 12.8 Å². The number of nitrogens with zero attached hydrogens (tertiary/aromatic N) is 1. The monoisotopic (exact) mass is 364 g/mol. The third kappa shape index (κ3) is 5.91. The van der Waals surface area contributed by atoms with Gasteiger partial charge in [0.1, 0.15) is 12.2 Å². The summed E-state index contributed by atoms with van der Waals surface area (Å²) in [5.41, 5.74) is 0.296. The van der Waals surface area contributed by atoms with E-state index in [-0.39, 0.29) is 12.6 Å². The molecule has 144 valence electrons. The van der Waals surface area contributed by atoms with E-state index < -0.39 is 29.9 Å². The molecular weight excluding hydrogens is 336 g/mol. The highest BCUT2D eigenvalue weighted by Crippen LogP contribution is 2.25. The van der Waals surface area contributed by atoms with Crippen LogP contribution in [0.1, 0.15) is 39.2 Å². The maximum absolute atomic E-state index is 12.2. The Balaban J connectivity index is 1.82. The summed E-state index contributed by atoms with van der Waals surface area (Å²) in [4.78, 5) is 25.5. The average Bonchev–Trinajstić information content (AvgIpc) is 2.92. The molecule has 2 amide bonds. The van der Waals surface area contributed by atoms with E-state index >= 15 is 0 Å². The van der Waals surface area contributed by atoms with E-state index in [1.54, 1.807) is 27.8 Å². The maximum atomic E-state index is 12.2. The average molecular weight is 364 g/mol.